The number of alkyl halides is 3. The number of carbonyl (C=O) groups is 2. The molecular formula is C40H53F3N2O5. The summed E-state index contributed by atoms with van der Waals surface area (Å²) < 4.78 is 51.6. The van der Waals surface area contributed by atoms with Gasteiger partial charge in [-0.05, 0) is 54.7 Å². The van der Waals surface area contributed by atoms with Crippen molar-refractivity contribution in [3.63, 3.8) is 0 Å². The van der Waals surface area contributed by atoms with Crippen molar-refractivity contribution in [2.45, 2.75) is 135 Å². The van der Waals surface area contributed by atoms with E-state index in [0.717, 1.165) is 38.5 Å². The van der Waals surface area contributed by atoms with Gasteiger partial charge in [0.1, 0.15) is 0 Å². The third-order valence-electron chi connectivity index (χ3n) is 8.77. The number of esters is 1. The van der Waals surface area contributed by atoms with Gasteiger partial charge in [0, 0.05) is 5.56 Å². The van der Waals surface area contributed by atoms with Gasteiger partial charge >= 0.3 is 18.1 Å². The summed E-state index contributed by atoms with van der Waals surface area (Å²) in [6, 6.07) is 10.4. The molecule has 274 valence electrons. The molecule has 0 bridgehead atoms. The van der Waals surface area contributed by atoms with Gasteiger partial charge in [-0.25, -0.2) is 19.6 Å². The van der Waals surface area contributed by atoms with E-state index in [2.05, 4.69) is 23.8 Å². The Kier molecular flexibility index (Phi) is 17.8. The van der Waals surface area contributed by atoms with Gasteiger partial charge in [0.05, 0.1) is 30.1 Å². The first-order valence-corrected chi connectivity index (χ1v) is 18.3. The monoisotopic (exact) mass is 698 g/mol. The average molecular weight is 699 g/mol. The molecule has 50 heavy (non-hydrogen) atoms. The molecule has 3 rings (SSSR count). The standard InChI is InChI=1S/C40H53F3N2O5/c1-3-5-7-9-11-12-13-14-16-18-26-49-33-28-44-37(45-29-33)32-24-25-34(38(46)47)35(27-32)30-20-22-31(23-21-30)39(48)50-36(40(41,42)43)19-17-15-10-8-6-4-2/h20-25,27-29,36H,3-19,26H2,1-2H3,(H,46,47). The maximum Gasteiger partial charge on any atom is 0.425 e. The number of carboxylic acid groups (broad SMARTS) is 1. The highest BCUT2D eigenvalue weighted by Crippen LogP contribution is 2.31. The molecule has 0 amide bonds. The van der Waals surface area contributed by atoms with E-state index in [0.29, 0.717) is 47.7 Å². The van der Waals surface area contributed by atoms with E-state index in [4.69, 9.17) is 9.47 Å². The Morgan fingerprint density at radius 2 is 1.24 bits per heavy atom. The predicted molar refractivity (Wildman–Crippen MR) is 190 cm³/mol. The summed E-state index contributed by atoms with van der Waals surface area (Å²) in [5.41, 5.74) is 1.32. The fourth-order valence-electron chi connectivity index (χ4n) is 5.81. The Morgan fingerprint density at radius 1 is 0.720 bits per heavy atom. The molecule has 1 N–H and O–H groups in total. The van der Waals surface area contributed by atoms with E-state index in [1.54, 1.807) is 24.5 Å². The minimum absolute atomic E-state index is 0.0107. The Morgan fingerprint density at radius 3 is 1.78 bits per heavy atom. The van der Waals surface area contributed by atoms with Crippen LogP contribution < -0.4 is 4.74 Å². The van der Waals surface area contributed by atoms with E-state index in [-0.39, 0.29) is 17.5 Å². The molecule has 3 aromatic rings. The maximum atomic E-state index is 13.6. The summed E-state index contributed by atoms with van der Waals surface area (Å²) >= 11 is 0. The van der Waals surface area contributed by atoms with Gasteiger partial charge in [-0.15, -0.1) is 0 Å². The van der Waals surface area contributed by atoms with Gasteiger partial charge in [-0.3, -0.25) is 0 Å². The summed E-state index contributed by atoms with van der Waals surface area (Å²) in [5, 5.41) is 9.85. The van der Waals surface area contributed by atoms with E-state index >= 15 is 0 Å². The summed E-state index contributed by atoms with van der Waals surface area (Å²) in [4.78, 5) is 33.6. The van der Waals surface area contributed by atoms with Crippen LogP contribution in [0.5, 0.6) is 5.75 Å². The van der Waals surface area contributed by atoms with Gasteiger partial charge < -0.3 is 14.6 Å². The normalized spacial score (nSPS) is 12.1. The molecular weight excluding hydrogens is 645 g/mol. The van der Waals surface area contributed by atoms with Crippen LogP contribution in [0.15, 0.2) is 54.9 Å². The van der Waals surface area contributed by atoms with Crippen LogP contribution in [0.3, 0.4) is 0 Å². The number of nitrogens with zero attached hydrogens (tertiary/aromatic N) is 2. The van der Waals surface area contributed by atoms with Crippen molar-refractivity contribution in [3.8, 4) is 28.3 Å². The number of aromatic nitrogens is 2. The molecule has 10 heteroatoms. The Bertz CT molecular complexity index is 1430. The lowest BCUT2D eigenvalue weighted by Crippen LogP contribution is -2.33. The lowest BCUT2D eigenvalue weighted by Gasteiger charge is -2.21. The lowest BCUT2D eigenvalue weighted by atomic mass is 9.96. The molecule has 0 spiro atoms. The second-order valence-electron chi connectivity index (χ2n) is 12.9. The summed E-state index contributed by atoms with van der Waals surface area (Å²) in [7, 11) is 0. The third kappa shape index (κ3) is 14.1. The van der Waals surface area contributed by atoms with Crippen molar-refractivity contribution in [3.05, 3.63) is 66.0 Å². The maximum absolute atomic E-state index is 13.6. The largest absolute Gasteiger partial charge is 0.490 e. The van der Waals surface area contributed by atoms with Crippen LogP contribution in [0, 0.1) is 0 Å². The highest BCUT2D eigenvalue weighted by Gasteiger charge is 2.42. The fraction of sp³-hybridized carbons (Fsp3) is 0.550. The van der Waals surface area contributed by atoms with Crippen molar-refractivity contribution in [2.24, 2.45) is 0 Å². The molecule has 1 atom stereocenters. The first-order valence-electron chi connectivity index (χ1n) is 18.3. The molecule has 1 unspecified atom stereocenters. The number of ether oxygens (including phenoxy) is 2. The first kappa shape index (κ1) is 40.5. The highest BCUT2D eigenvalue weighted by atomic mass is 19.4. The van der Waals surface area contributed by atoms with Gasteiger partial charge in [-0.2, -0.15) is 13.2 Å². The molecule has 2 aromatic carbocycles. The Hall–Kier alpha value is -3.95. The molecule has 0 aliphatic rings. The van der Waals surface area contributed by atoms with Gasteiger partial charge in [0.2, 0.25) is 0 Å². The first-order chi connectivity index (χ1) is 24.1. The van der Waals surface area contributed by atoms with Crippen LogP contribution in [0.1, 0.15) is 144 Å². The number of carbonyl (C=O) groups excluding carboxylic acids is 1. The molecule has 0 fully saturated rings. The summed E-state index contributed by atoms with van der Waals surface area (Å²) in [6.45, 7) is 4.88. The second-order valence-corrected chi connectivity index (χ2v) is 12.9. The third-order valence-corrected chi connectivity index (χ3v) is 8.77. The molecule has 1 heterocycles. The number of halogens is 3. The van der Waals surface area contributed by atoms with Gasteiger partial charge in [0.25, 0.3) is 0 Å². The van der Waals surface area contributed by atoms with Crippen LogP contribution in [0.25, 0.3) is 22.5 Å². The SMILES string of the molecule is CCCCCCCCCCCCOc1cnc(-c2ccc(C(=O)O)c(-c3ccc(C(=O)OC(CCCCCCCC)C(F)(F)F)cc3)c2)nc1. The minimum Gasteiger partial charge on any atom is -0.490 e. The molecule has 0 radical (unpaired) electrons. The fourth-order valence-corrected chi connectivity index (χ4v) is 5.81. The van der Waals surface area contributed by atoms with E-state index in [1.807, 2.05) is 0 Å². The van der Waals surface area contributed by atoms with Crippen molar-refractivity contribution in [1.29, 1.82) is 0 Å². The average Bonchev–Trinajstić information content (AvgIpc) is 3.11. The Labute approximate surface area is 295 Å². The van der Waals surface area contributed by atoms with E-state index in [1.165, 1.54) is 81.7 Å². The van der Waals surface area contributed by atoms with Crippen LogP contribution in [0.4, 0.5) is 13.2 Å². The molecule has 0 saturated heterocycles. The topological polar surface area (TPSA) is 98.6 Å². The van der Waals surface area contributed by atoms with Gasteiger partial charge in [0.15, 0.2) is 17.7 Å². The minimum atomic E-state index is -4.67. The highest BCUT2D eigenvalue weighted by molar-refractivity contribution is 5.97. The number of unbranched alkanes of at least 4 members (excludes halogenated alkanes) is 14. The Balaban J connectivity index is 1.58. The second kappa shape index (κ2) is 22.0. The number of carboxylic acids is 1. The number of benzene rings is 2. The zero-order valence-electron chi connectivity index (χ0n) is 29.6. The molecule has 1 aromatic heterocycles. The van der Waals surface area contributed by atoms with Crippen LogP contribution in [0.2, 0.25) is 0 Å². The molecule has 0 aliphatic carbocycles. The van der Waals surface area contributed by atoms with Crippen molar-refractivity contribution < 1.29 is 37.3 Å². The number of hydrogen-bond donors (Lipinski definition) is 1. The van der Waals surface area contributed by atoms with Crippen molar-refractivity contribution in [2.75, 3.05) is 6.61 Å². The van der Waals surface area contributed by atoms with Crippen LogP contribution in [-0.2, 0) is 4.74 Å². The number of rotatable bonds is 24. The summed E-state index contributed by atoms with van der Waals surface area (Å²) in [5.74, 6) is -1.32. The lowest BCUT2D eigenvalue weighted by molar-refractivity contribution is -0.206. The molecule has 0 saturated carbocycles. The van der Waals surface area contributed by atoms with E-state index < -0.39 is 24.2 Å². The summed E-state index contributed by atoms with van der Waals surface area (Å²) in [6.07, 6.45) is 13.3. The molecule has 7 nitrogen and oxygen atoms in total. The van der Waals surface area contributed by atoms with Gasteiger partial charge in [-0.1, -0.05) is 122 Å². The zero-order valence-corrected chi connectivity index (χ0v) is 29.6. The van der Waals surface area contributed by atoms with Crippen molar-refractivity contribution in [1.82, 2.24) is 9.97 Å². The van der Waals surface area contributed by atoms with Crippen LogP contribution in [-0.4, -0.2) is 45.9 Å². The predicted octanol–water partition coefficient (Wildman–Crippen LogP) is 11.6. The number of aromatic carboxylic acids is 1. The molecule has 0 aliphatic heterocycles. The number of hydrogen-bond acceptors (Lipinski definition) is 6. The van der Waals surface area contributed by atoms with Crippen LogP contribution >= 0.6 is 0 Å². The quantitative estimate of drug-likeness (QED) is 0.0734. The smallest absolute Gasteiger partial charge is 0.425 e. The zero-order chi connectivity index (χ0) is 36.2. The van der Waals surface area contributed by atoms with E-state index in [9.17, 15) is 27.9 Å². The van der Waals surface area contributed by atoms with Crippen molar-refractivity contribution >= 4 is 11.9 Å².